The number of benzene rings is 1. The second-order valence-electron chi connectivity index (χ2n) is 3.43. The van der Waals surface area contributed by atoms with E-state index in [0.717, 1.165) is 16.2 Å². The highest BCUT2D eigenvalue weighted by Gasteiger charge is 2.03. The van der Waals surface area contributed by atoms with Gasteiger partial charge in [0, 0.05) is 16.7 Å². The third-order valence-corrected chi connectivity index (χ3v) is 3.21. The molecule has 0 spiro atoms. The number of carbonyl (C=O) groups is 1. The first-order valence-electron chi connectivity index (χ1n) is 4.94. The van der Waals surface area contributed by atoms with Gasteiger partial charge in [0.15, 0.2) is 6.29 Å². The Bertz CT molecular complexity index is 494. The van der Waals surface area contributed by atoms with Crippen LogP contribution in [0.4, 0.5) is 0 Å². The number of aryl methyl sites for hydroxylation is 1. The molecule has 1 heterocycles. The molecule has 0 amide bonds. The van der Waals surface area contributed by atoms with Crippen molar-refractivity contribution in [3.63, 3.8) is 0 Å². The highest BCUT2D eigenvalue weighted by molar-refractivity contribution is 7.99. The predicted octanol–water partition coefficient (Wildman–Crippen LogP) is 3.35. The van der Waals surface area contributed by atoms with Gasteiger partial charge in [0.05, 0.1) is 0 Å². The van der Waals surface area contributed by atoms with Crippen LogP contribution in [0.3, 0.4) is 0 Å². The van der Waals surface area contributed by atoms with Gasteiger partial charge in [-0.3, -0.25) is 4.79 Å². The average Bonchev–Trinajstić information content (AvgIpc) is 2.33. The lowest BCUT2D eigenvalue weighted by Crippen LogP contribution is -1.88. The Labute approximate surface area is 98.7 Å². The minimum absolute atomic E-state index is 0.632. The Kier molecular flexibility index (Phi) is 3.37. The van der Waals surface area contributed by atoms with E-state index < -0.39 is 0 Å². The van der Waals surface area contributed by atoms with Gasteiger partial charge < -0.3 is 0 Å². The third kappa shape index (κ3) is 2.49. The van der Waals surface area contributed by atoms with Gasteiger partial charge in [-0.25, -0.2) is 4.98 Å². The highest BCUT2D eigenvalue weighted by atomic mass is 32.2. The van der Waals surface area contributed by atoms with E-state index in [1.54, 1.807) is 18.3 Å². The fraction of sp³-hybridized carbons (Fsp3) is 0.0769. The minimum Gasteiger partial charge on any atom is -0.298 e. The monoisotopic (exact) mass is 229 g/mol. The van der Waals surface area contributed by atoms with Crippen LogP contribution in [0.5, 0.6) is 0 Å². The summed E-state index contributed by atoms with van der Waals surface area (Å²) >= 11 is 1.51. The van der Waals surface area contributed by atoms with Crippen molar-refractivity contribution in [2.24, 2.45) is 0 Å². The topological polar surface area (TPSA) is 30.0 Å². The van der Waals surface area contributed by atoms with Gasteiger partial charge in [-0.1, -0.05) is 29.5 Å². The standard InChI is InChI=1S/C13H11NOS/c1-10-4-6-12(7-5-10)16-13-11(9-15)3-2-8-14-13/h2-9H,1H3. The van der Waals surface area contributed by atoms with E-state index in [9.17, 15) is 4.79 Å². The largest absolute Gasteiger partial charge is 0.298 e. The van der Waals surface area contributed by atoms with Crippen LogP contribution < -0.4 is 0 Å². The molecule has 0 saturated carbocycles. The van der Waals surface area contributed by atoms with E-state index in [2.05, 4.69) is 4.98 Å². The molecule has 0 radical (unpaired) electrons. The quantitative estimate of drug-likeness (QED) is 0.756. The molecule has 80 valence electrons. The molecular formula is C13H11NOS. The summed E-state index contributed by atoms with van der Waals surface area (Å²) in [6, 6.07) is 11.7. The van der Waals surface area contributed by atoms with E-state index in [-0.39, 0.29) is 0 Å². The number of rotatable bonds is 3. The van der Waals surface area contributed by atoms with Crippen molar-refractivity contribution in [3.8, 4) is 0 Å². The molecule has 1 aromatic carbocycles. The molecule has 0 N–H and O–H groups in total. The number of nitrogens with zero attached hydrogens (tertiary/aromatic N) is 1. The third-order valence-electron chi connectivity index (χ3n) is 2.16. The van der Waals surface area contributed by atoms with Gasteiger partial charge in [-0.2, -0.15) is 0 Å². The highest BCUT2D eigenvalue weighted by Crippen LogP contribution is 2.27. The van der Waals surface area contributed by atoms with Gasteiger partial charge in [-0.15, -0.1) is 0 Å². The summed E-state index contributed by atoms with van der Waals surface area (Å²) in [5.74, 6) is 0. The Morgan fingerprint density at radius 2 is 1.94 bits per heavy atom. The predicted molar refractivity (Wildman–Crippen MR) is 64.9 cm³/mol. The SMILES string of the molecule is Cc1ccc(Sc2ncccc2C=O)cc1. The molecule has 2 nitrogen and oxygen atoms in total. The van der Waals surface area contributed by atoms with Crippen LogP contribution in [0.25, 0.3) is 0 Å². The number of hydrogen-bond acceptors (Lipinski definition) is 3. The molecule has 0 aliphatic carbocycles. The Morgan fingerprint density at radius 3 is 2.62 bits per heavy atom. The first-order valence-corrected chi connectivity index (χ1v) is 5.76. The molecule has 0 fully saturated rings. The van der Waals surface area contributed by atoms with Gasteiger partial charge in [0.1, 0.15) is 5.03 Å². The maximum atomic E-state index is 10.8. The van der Waals surface area contributed by atoms with Crippen LogP contribution in [0.2, 0.25) is 0 Å². The second kappa shape index (κ2) is 4.94. The summed E-state index contributed by atoms with van der Waals surface area (Å²) in [5, 5.41) is 0.751. The first-order chi connectivity index (χ1) is 7.79. The fourth-order valence-electron chi connectivity index (χ4n) is 1.30. The molecule has 0 bridgehead atoms. The molecule has 0 atom stereocenters. The van der Waals surface area contributed by atoms with Crippen LogP contribution >= 0.6 is 11.8 Å². The maximum absolute atomic E-state index is 10.8. The van der Waals surface area contributed by atoms with Crippen molar-refractivity contribution in [2.45, 2.75) is 16.8 Å². The first kappa shape index (κ1) is 10.9. The number of aldehydes is 1. The van der Waals surface area contributed by atoms with E-state index >= 15 is 0 Å². The molecule has 0 saturated heterocycles. The molecule has 3 heteroatoms. The zero-order valence-electron chi connectivity index (χ0n) is 8.88. The molecule has 2 rings (SSSR count). The molecule has 0 unspecified atom stereocenters. The Balaban J connectivity index is 2.26. The summed E-state index contributed by atoms with van der Waals surface area (Å²) in [6.07, 6.45) is 2.53. The van der Waals surface area contributed by atoms with Crippen LogP contribution in [0, 0.1) is 6.92 Å². The van der Waals surface area contributed by atoms with E-state index in [0.29, 0.717) is 5.56 Å². The zero-order chi connectivity index (χ0) is 11.4. The Hall–Kier alpha value is -1.61. The van der Waals surface area contributed by atoms with Crippen LogP contribution in [0.1, 0.15) is 15.9 Å². The van der Waals surface area contributed by atoms with Crippen LogP contribution in [-0.2, 0) is 0 Å². The minimum atomic E-state index is 0.632. The Morgan fingerprint density at radius 1 is 1.19 bits per heavy atom. The lowest BCUT2D eigenvalue weighted by Gasteiger charge is -2.03. The van der Waals surface area contributed by atoms with E-state index in [4.69, 9.17) is 0 Å². The summed E-state index contributed by atoms with van der Waals surface area (Å²) in [6.45, 7) is 2.05. The number of hydrogen-bond donors (Lipinski definition) is 0. The lowest BCUT2D eigenvalue weighted by molar-refractivity contribution is 0.112. The number of aromatic nitrogens is 1. The number of carbonyl (C=O) groups excluding carboxylic acids is 1. The fourth-order valence-corrected chi connectivity index (χ4v) is 2.14. The molecule has 1 aromatic heterocycles. The van der Waals surface area contributed by atoms with Gasteiger partial charge >= 0.3 is 0 Å². The van der Waals surface area contributed by atoms with Crippen molar-refractivity contribution >= 4 is 18.0 Å². The summed E-state index contributed by atoms with van der Waals surface area (Å²) < 4.78 is 0. The van der Waals surface area contributed by atoms with Crippen molar-refractivity contribution in [1.29, 1.82) is 0 Å². The average molecular weight is 229 g/mol. The van der Waals surface area contributed by atoms with Crippen molar-refractivity contribution < 1.29 is 4.79 Å². The summed E-state index contributed by atoms with van der Waals surface area (Å²) in [5.41, 5.74) is 1.86. The van der Waals surface area contributed by atoms with E-state index in [1.807, 2.05) is 31.2 Å². The van der Waals surface area contributed by atoms with Crippen LogP contribution in [0.15, 0.2) is 52.5 Å². The molecule has 0 aliphatic rings. The van der Waals surface area contributed by atoms with E-state index in [1.165, 1.54) is 17.3 Å². The summed E-state index contributed by atoms with van der Waals surface area (Å²) in [7, 11) is 0. The van der Waals surface area contributed by atoms with Crippen molar-refractivity contribution in [3.05, 3.63) is 53.7 Å². The van der Waals surface area contributed by atoms with Crippen LogP contribution in [-0.4, -0.2) is 11.3 Å². The maximum Gasteiger partial charge on any atom is 0.152 e. The van der Waals surface area contributed by atoms with Gasteiger partial charge in [-0.05, 0) is 31.2 Å². The smallest absolute Gasteiger partial charge is 0.152 e. The zero-order valence-corrected chi connectivity index (χ0v) is 9.70. The van der Waals surface area contributed by atoms with Gasteiger partial charge in [0.2, 0.25) is 0 Å². The molecule has 2 aromatic rings. The van der Waals surface area contributed by atoms with Crippen molar-refractivity contribution in [1.82, 2.24) is 4.98 Å². The molecule has 0 aliphatic heterocycles. The van der Waals surface area contributed by atoms with Gasteiger partial charge in [0.25, 0.3) is 0 Å². The van der Waals surface area contributed by atoms with Crippen molar-refractivity contribution in [2.75, 3.05) is 0 Å². The second-order valence-corrected chi connectivity index (χ2v) is 4.49. The molecule has 16 heavy (non-hydrogen) atoms. The lowest BCUT2D eigenvalue weighted by atomic mass is 10.2. The normalized spacial score (nSPS) is 10.1. The number of pyridine rings is 1. The molecular weight excluding hydrogens is 218 g/mol. The summed E-state index contributed by atoms with van der Waals surface area (Å²) in [4.78, 5) is 16.1.